The van der Waals surface area contributed by atoms with Gasteiger partial charge in [0.25, 0.3) is 0 Å². The van der Waals surface area contributed by atoms with Gasteiger partial charge in [0.2, 0.25) is 5.91 Å². The van der Waals surface area contributed by atoms with Crippen molar-refractivity contribution < 1.29 is 14.3 Å². The smallest absolute Gasteiger partial charge is 0.224 e. The SMILES string of the molecule is COc1ccc(OC)c(CC(=O)N[C@H](C)Cn2nnc3ccccc32)c1. The van der Waals surface area contributed by atoms with Crippen LogP contribution in [0.1, 0.15) is 12.5 Å². The lowest BCUT2D eigenvalue weighted by Crippen LogP contribution is -2.36. The molecule has 0 saturated carbocycles. The highest BCUT2D eigenvalue weighted by molar-refractivity contribution is 5.80. The van der Waals surface area contributed by atoms with E-state index in [2.05, 4.69) is 15.6 Å². The molecule has 0 fully saturated rings. The van der Waals surface area contributed by atoms with Crippen molar-refractivity contribution in [2.75, 3.05) is 14.2 Å². The molecule has 0 radical (unpaired) electrons. The van der Waals surface area contributed by atoms with Gasteiger partial charge in [-0.05, 0) is 37.3 Å². The summed E-state index contributed by atoms with van der Waals surface area (Å²) in [5.74, 6) is 1.26. The maximum absolute atomic E-state index is 12.4. The minimum absolute atomic E-state index is 0.0894. The van der Waals surface area contributed by atoms with Gasteiger partial charge in [-0.3, -0.25) is 4.79 Å². The average molecular weight is 354 g/mol. The lowest BCUT2D eigenvalue weighted by Gasteiger charge is -2.15. The van der Waals surface area contributed by atoms with Crippen molar-refractivity contribution in [1.82, 2.24) is 20.3 Å². The van der Waals surface area contributed by atoms with E-state index in [-0.39, 0.29) is 18.4 Å². The molecule has 0 aliphatic carbocycles. The topological polar surface area (TPSA) is 78.3 Å². The third kappa shape index (κ3) is 3.93. The lowest BCUT2D eigenvalue weighted by molar-refractivity contribution is -0.121. The Kier molecular flexibility index (Phi) is 5.36. The quantitative estimate of drug-likeness (QED) is 0.704. The molecule has 0 bridgehead atoms. The van der Waals surface area contributed by atoms with E-state index < -0.39 is 0 Å². The predicted molar refractivity (Wildman–Crippen MR) is 98.4 cm³/mol. The molecule has 26 heavy (non-hydrogen) atoms. The monoisotopic (exact) mass is 354 g/mol. The fourth-order valence-electron chi connectivity index (χ4n) is 2.88. The van der Waals surface area contributed by atoms with Crippen molar-refractivity contribution in [1.29, 1.82) is 0 Å². The number of amides is 1. The van der Waals surface area contributed by atoms with E-state index in [1.807, 2.05) is 37.3 Å². The van der Waals surface area contributed by atoms with Crippen molar-refractivity contribution >= 4 is 16.9 Å². The number of hydrogen-bond donors (Lipinski definition) is 1. The first-order valence-corrected chi connectivity index (χ1v) is 8.39. The Morgan fingerprint density at radius 2 is 2.00 bits per heavy atom. The molecule has 3 rings (SSSR count). The predicted octanol–water partition coefficient (Wildman–Crippen LogP) is 2.20. The van der Waals surface area contributed by atoms with Crippen LogP contribution in [0.2, 0.25) is 0 Å². The molecular weight excluding hydrogens is 332 g/mol. The van der Waals surface area contributed by atoms with Crippen molar-refractivity contribution in [3.8, 4) is 11.5 Å². The summed E-state index contributed by atoms with van der Waals surface area (Å²) in [6.45, 7) is 2.48. The van der Waals surface area contributed by atoms with Gasteiger partial charge in [0.05, 0.1) is 32.7 Å². The molecule has 1 aromatic heterocycles. The number of rotatable bonds is 7. The number of aromatic nitrogens is 3. The number of nitrogens with one attached hydrogen (secondary N) is 1. The number of fused-ring (bicyclic) bond motifs is 1. The summed E-state index contributed by atoms with van der Waals surface area (Å²) in [6.07, 6.45) is 0.211. The van der Waals surface area contributed by atoms with Crippen molar-refractivity contribution in [2.45, 2.75) is 25.9 Å². The average Bonchev–Trinajstić information content (AvgIpc) is 3.04. The summed E-state index contributed by atoms with van der Waals surface area (Å²) in [4.78, 5) is 12.4. The molecule has 1 N–H and O–H groups in total. The van der Waals surface area contributed by atoms with Gasteiger partial charge in [-0.2, -0.15) is 0 Å². The van der Waals surface area contributed by atoms with Crippen LogP contribution in [0.3, 0.4) is 0 Å². The summed E-state index contributed by atoms with van der Waals surface area (Å²) in [6, 6.07) is 13.1. The van der Waals surface area contributed by atoms with E-state index >= 15 is 0 Å². The number of carbonyl (C=O) groups excluding carboxylic acids is 1. The molecule has 1 amide bonds. The van der Waals surface area contributed by atoms with E-state index in [1.165, 1.54) is 0 Å². The van der Waals surface area contributed by atoms with E-state index in [4.69, 9.17) is 9.47 Å². The van der Waals surface area contributed by atoms with Crippen LogP contribution in [0.5, 0.6) is 11.5 Å². The van der Waals surface area contributed by atoms with E-state index in [0.29, 0.717) is 18.0 Å². The molecule has 136 valence electrons. The fraction of sp³-hybridized carbons (Fsp3) is 0.316. The molecule has 2 aromatic carbocycles. The Labute approximate surface area is 151 Å². The van der Waals surface area contributed by atoms with E-state index in [0.717, 1.165) is 16.6 Å². The van der Waals surface area contributed by atoms with Gasteiger partial charge in [0.15, 0.2) is 0 Å². The Balaban J connectivity index is 1.64. The van der Waals surface area contributed by atoms with Gasteiger partial charge in [-0.1, -0.05) is 17.3 Å². The third-order valence-corrected chi connectivity index (χ3v) is 4.11. The molecule has 0 spiro atoms. The van der Waals surface area contributed by atoms with Crippen LogP contribution < -0.4 is 14.8 Å². The summed E-state index contributed by atoms with van der Waals surface area (Å²) in [5.41, 5.74) is 2.57. The second-order valence-electron chi connectivity index (χ2n) is 6.08. The second kappa shape index (κ2) is 7.86. The first kappa shape index (κ1) is 17.7. The lowest BCUT2D eigenvalue weighted by atomic mass is 10.1. The molecule has 0 saturated heterocycles. The molecule has 0 unspecified atom stereocenters. The molecule has 0 aliphatic heterocycles. The van der Waals surface area contributed by atoms with Crippen molar-refractivity contribution in [2.24, 2.45) is 0 Å². The Hall–Kier alpha value is -3.09. The number of ether oxygens (including phenoxy) is 2. The summed E-state index contributed by atoms with van der Waals surface area (Å²) in [5, 5.41) is 11.3. The maximum atomic E-state index is 12.4. The Morgan fingerprint density at radius 3 is 2.77 bits per heavy atom. The van der Waals surface area contributed by atoms with Gasteiger partial charge in [-0.15, -0.1) is 5.10 Å². The molecule has 7 heteroatoms. The zero-order chi connectivity index (χ0) is 18.5. The first-order valence-electron chi connectivity index (χ1n) is 8.39. The second-order valence-corrected chi connectivity index (χ2v) is 6.08. The van der Waals surface area contributed by atoms with Crippen LogP contribution in [0.15, 0.2) is 42.5 Å². The van der Waals surface area contributed by atoms with Crippen LogP contribution in [-0.2, 0) is 17.8 Å². The molecule has 3 aromatic rings. The van der Waals surface area contributed by atoms with Gasteiger partial charge < -0.3 is 14.8 Å². The summed E-state index contributed by atoms with van der Waals surface area (Å²) < 4.78 is 12.3. The number of benzene rings is 2. The summed E-state index contributed by atoms with van der Waals surface area (Å²) in [7, 11) is 3.18. The van der Waals surface area contributed by atoms with Crippen LogP contribution in [0.4, 0.5) is 0 Å². The van der Waals surface area contributed by atoms with Gasteiger partial charge in [0.1, 0.15) is 17.0 Å². The first-order chi connectivity index (χ1) is 12.6. The number of carbonyl (C=O) groups is 1. The highest BCUT2D eigenvalue weighted by Crippen LogP contribution is 2.24. The zero-order valence-electron chi connectivity index (χ0n) is 15.1. The minimum Gasteiger partial charge on any atom is -0.497 e. The van der Waals surface area contributed by atoms with Gasteiger partial charge in [0, 0.05) is 11.6 Å². The van der Waals surface area contributed by atoms with Gasteiger partial charge >= 0.3 is 0 Å². The van der Waals surface area contributed by atoms with Crippen LogP contribution in [-0.4, -0.2) is 41.2 Å². The van der Waals surface area contributed by atoms with Crippen molar-refractivity contribution in [3.63, 3.8) is 0 Å². The fourth-order valence-corrected chi connectivity index (χ4v) is 2.88. The van der Waals surface area contributed by atoms with E-state index in [1.54, 1.807) is 31.0 Å². The number of nitrogens with zero attached hydrogens (tertiary/aromatic N) is 3. The molecule has 1 heterocycles. The highest BCUT2D eigenvalue weighted by Gasteiger charge is 2.14. The maximum Gasteiger partial charge on any atom is 0.224 e. The van der Waals surface area contributed by atoms with Gasteiger partial charge in [-0.25, -0.2) is 4.68 Å². The Bertz CT molecular complexity index is 907. The minimum atomic E-state index is -0.0933. The molecule has 7 nitrogen and oxygen atoms in total. The largest absolute Gasteiger partial charge is 0.497 e. The number of hydrogen-bond acceptors (Lipinski definition) is 5. The van der Waals surface area contributed by atoms with Crippen LogP contribution in [0, 0.1) is 0 Å². The molecular formula is C19H22N4O3. The van der Waals surface area contributed by atoms with E-state index in [9.17, 15) is 4.79 Å². The Morgan fingerprint density at radius 1 is 1.19 bits per heavy atom. The standard InChI is InChI=1S/C19H22N4O3/c1-13(12-23-17-7-5-4-6-16(17)21-22-23)20-19(24)11-14-10-15(25-2)8-9-18(14)26-3/h4-10,13H,11-12H2,1-3H3,(H,20,24)/t13-/m1/s1. The zero-order valence-corrected chi connectivity index (χ0v) is 15.1. The summed E-state index contributed by atoms with van der Waals surface area (Å²) >= 11 is 0. The number of methoxy groups -OCH3 is 2. The van der Waals surface area contributed by atoms with Crippen molar-refractivity contribution in [3.05, 3.63) is 48.0 Å². The highest BCUT2D eigenvalue weighted by atomic mass is 16.5. The third-order valence-electron chi connectivity index (χ3n) is 4.11. The molecule has 1 atom stereocenters. The van der Waals surface area contributed by atoms with Crippen LogP contribution in [0.25, 0.3) is 11.0 Å². The number of para-hydroxylation sites is 1. The van der Waals surface area contributed by atoms with Crippen LogP contribution >= 0.6 is 0 Å². The molecule has 0 aliphatic rings. The normalized spacial score (nSPS) is 12.0.